The summed E-state index contributed by atoms with van der Waals surface area (Å²) in [4.78, 5) is 16.6. The fourth-order valence-electron chi connectivity index (χ4n) is 4.65. The highest BCUT2D eigenvalue weighted by Crippen LogP contribution is 2.44. The van der Waals surface area contributed by atoms with Crippen LogP contribution in [0.25, 0.3) is 10.9 Å². The minimum atomic E-state index is 0.0427. The van der Waals surface area contributed by atoms with Crippen molar-refractivity contribution in [2.45, 2.75) is 32.1 Å². The third kappa shape index (κ3) is 3.05. The van der Waals surface area contributed by atoms with Crippen LogP contribution in [0, 0.1) is 5.92 Å². The number of carbonyl (C=O) groups excluding carboxylic acids is 1. The monoisotopic (exact) mass is 498 g/mol. The minimum absolute atomic E-state index is 0.0427. The molecule has 2 heterocycles. The first kappa shape index (κ1) is 18.2. The fourth-order valence-corrected chi connectivity index (χ4v) is 5.42. The molecule has 0 spiro atoms. The van der Waals surface area contributed by atoms with E-state index in [0.717, 1.165) is 44.3 Å². The van der Waals surface area contributed by atoms with Gasteiger partial charge in [-0.05, 0) is 66.3 Å². The van der Waals surface area contributed by atoms with Gasteiger partial charge in [0.05, 0.1) is 0 Å². The van der Waals surface area contributed by atoms with E-state index in [1.165, 1.54) is 16.5 Å². The summed E-state index contributed by atoms with van der Waals surface area (Å²) in [5.74, 6) is 0.692. The maximum absolute atomic E-state index is 13.2. The number of benzene rings is 2. The van der Waals surface area contributed by atoms with Crippen LogP contribution >= 0.6 is 31.9 Å². The molecule has 5 rings (SSSR count). The third-order valence-corrected chi connectivity index (χ3v) is 6.88. The van der Waals surface area contributed by atoms with Gasteiger partial charge in [0.2, 0.25) is 0 Å². The molecule has 0 fully saturated rings. The number of aromatic amines is 1. The Labute approximate surface area is 180 Å². The van der Waals surface area contributed by atoms with Crippen LogP contribution in [0.5, 0.6) is 0 Å². The van der Waals surface area contributed by atoms with Crippen molar-refractivity contribution in [3.05, 3.63) is 73.9 Å². The number of carbonyl (C=O) groups is 1. The molecule has 1 aromatic heterocycles. The Morgan fingerprint density at radius 3 is 2.64 bits per heavy atom. The van der Waals surface area contributed by atoms with Gasteiger partial charge in [0.15, 0.2) is 5.78 Å². The SMILES string of the molecule is CC1CC(=O)C2=C(C1)Nc1ccc(Br)cc1CC2c1c[nH]c2ccc(Br)cc12. The number of aromatic nitrogens is 1. The number of Topliss-reactive ketones (excluding diaryl/α,β-unsaturated/α-hetero) is 1. The van der Waals surface area contributed by atoms with Crippen LogP contribution in [0.2, 0.25) is 0 Å². The van der Waals surface area contributed by atoms with E-state index in [1.807, 2.05) is 6.07 Å². The smallest absolute Gasteiger partial charge is 0.161 e. The molecule has 0 saturated heterocycles. The zero-order valence-electron chi connectivity index (χ0n) is 15.5. The molecular formula is C23H20Br2N2O. The van der Waals surface area contributed by atoms with Crippen molar-refractivity contribution in [2.24, 2.45) is 5.92 Å². The van der Waals surface area contributed by atoms with E-state index in [2.05, 4.69) is 85.6 Å². The summed E-state index contributed by atoms with van der Waals surface area (Å²) in [6.07, 6.45) is 4.43. The van der Waals surface area contributed by atoms with Crippen molar-refractivity contribution in [3.8, 4) is 0 Å². The summed E-state index contributed by atoms with van der Waals surface area (Å²) in [5, 5.41) is 4.80. The van der Waals surface area contributed by atoms with Crippen LogP contribution in [0.1, 0.15) is 36.8 Å². The first-order chi connectivity index (χ1) is 13.5. The number of hydrogen-bond donors (Lipinski definition) is 2. The minimum Gasteiger partial charge on any atom is -0.361 e. The van der Waals surface area contributed by atoms with Gasteiger partial charge in [-0.15, -0.1) is 0 Å². The standard InChI is InChI=1S/C23H20Br2N2O/c1-12-6-21-23(22(28)7-12)17(9-13-8-14(24)2-4-19(13)27-21)18-11-26-20-5-3-15(25)10-16(18)20/h2-5,8,10-12,17,26-27H,6-7,9H2,1H3. The largest absolute Gasteiger partial charge is 0.361 e. The Bertz CT molecular complexity index is 1140. The van der Waals surface area contributed by atoms with Gasteiger partial charge in [-0.25, -0.2) is 0 Å². The van der Waals surface area contributed by atoms with Crippen molar-refractivity contribution in [1.29, 1.82) is 0 Å². The van der Waals surface area contributed by atoms with Gasteiger partial charge in [-0.1, -0.05) is 38.8 Å². The van der Waals surface area contributed by atoms with Crippen molar-refractivity contribution < 1.29 is 4.79 Å². The summed E-state index contributed by atoms with van der Waals surface area (Å²) in [7, 11) is 0. The van der Waals surface area contributed by atoms with Crippen LogP contribution in [0.3, 0.4) is 0 Å². The molecule has 2 aliphatic rings. The molecule has 1 aliphatic carbocycles. The molecule has 2 aromatic carbocycles. The lowest BCUT2D eigenvalue weighted by Gasteiger charge is -2.27. The predicted molar refractivity (Wildman–Crippen MR) is 121 cm³/mol. The van der Waals surface area contributed by atoms with Crippen molar-refractivity contribution in [3.63, 3.8) is 0 Å². The molecule has 3 nitrogen and oxygen atoms in total. The maximum Gasteiger partial charge on any atom is 0.161 e. The topological polar surface area (TPSA) is 44.9 Å². The molecule has 3 aromatic rings. The zero-order chi connectivity index (χ0) is 19.4. The van der Waals surface area contributed by atoms with Gasteiger partial charge < -0.3 is 10.3 Å². The third-order valence-electron chi connectivity index (χ3n) is 5.89. The van der Waals surface area contributed by atoms with Gasteiger partial charge in [-0.3, -0.25) is 4.79 Å². The summed E-state index contributed by atoms with van der Waals surface area (Å²) >= 11 is 7.21. The Kier molecular flexibility index (Phi) is 4.48. The summed E-state index contributed by atoms with van der Waals surface area (Å²) in [6.45, 7) is 2.16. The van der Waals surface area contributed by atoms with Gasteiger partial charge in [0.1, 0.15) is 0 Å². The molecule has 5 heteroatoms. The van der Waals surface area contributed by atoms with Gasteiger partial charge >= 0.3 is 0 Å². The second-order valence-electron chi connectivity index (χ2n) is 7.95. The van der Waals surface area contributed by atoms with Crippen molar-refractivity contribution in [2.75, 3.05) is 5.32 Å². The Morgan fingerprint density at radius 2 is 1.79 bits per heavy atom. The first-order valence-electron chi connectivity index (χ1n) is 9.58. The van der Waals surface area contributed by atoms with Gasteiger partial charge in [0, 0.05) is 55.3 Å². The number of H-pyrrole nitrogens is 1. The Hall–Kier alpha value is -1.85. The number of hydrogen-bond acceptors (Lipinski definition) is 2. The first-order valence-corrected chi connectivity index (χ1v) is 11.2. The Balaban J connectivity index is 1.74. The number of ketones is 1. The van der Waals surface area contributed by atoms with Gasteiger partial charge in [0.25, 0.3) is 0 Å². The van der Waals surface area contributed by atoms with Crippen LogP contribution < -0.4 is 5.32 Å². The average molecular weight is 500 g/mol. The van der Waals surface area contributed by atoms with Crippen molar-refractivity contribution >= 4 is 54.2 Å². The van der Waals surface area contributed by atoms with Crippen LogP contribution in [0.4, 0.5) is 5.69 Å². The van der Waals surface area contributed by atoms with E-state index in [0.29, 0.717) is 12.3 Å². The summed E-state index contributed by atoms with van der Waals surface area (Å²) in [5.41, 5.74) is 6.70. The molecule has 0 saturated carbocycles. The highest BCUT2D eigenvalue weighted by molar-refractivity contribution is 9.10. The van der Waals surface area contributed by atoms with Crippen LogP contribution in [-0.2, 0) is 11.2 Å². The molecule has 28 heavy (non-hydrogen) atoms. The lowest BCUT2D eigenvalue weighted by molar-refractivity contribution is -0.117. The average Bonchev–Trinajstić information content (AvgIpc) is 2.97. The van der Waals surface area contributed by atoms with E-state index in [4.69, 9.17) is 0 Å². The molecule has 0 radical (unpaired) electrons. The molecule has 2 N–H and O–H groups in total. The summed E-state index contributed by atoms with van der Waals surface area (Å²) in [6, 6.07) is 12.6. The number of fused-ring (bicyclic) bond motifs is 2. The molecule has 2 unspecified atom stereocenters. The quantitative estimate of drug-likeness (QED) is 0.391. The van der Waals surface area contributed by atoms with E-state index in [9.17, 15) is 4.79 Å². The number of rotatable bonds is 1. The van der Waals surface area contributed by atoms with E-state index in [1.54, 1.807) is 0 Å². The zero-order valence-corrected chi connectivity index (χ0v) is 18.7. The normalized spacial score (nSPS) is 21.9. The highest BCUT2D eigenvalue weighted by atomic mass is 79.9. The second-order valence-corrected chi connectivity index (χ2v) is 9.78. The van der Waals surface area contributed by atoms with Crippen LogP contribution in [0.15, 0.2) is 62.8 Å². The van der Waals surface area contributed by atoms with E-state index < -0.39 is 0 Å². The van der Waals surface area contributed by atoms with E-state index in [-0.39, 0.29) is 11.7 Å². The molecule has 0 amide bonds. The van der Waals surface area contributed by atoms with Crippen LogP contribution in [-0.4, -0.2) is 10.8 Å². The lowest BCUT2D eigenvalue weighted by Crippen LogP contribution is -2.24. The number of anilines is 1. The predicted octanol–water partition coefficient (Wildman–Crippen LogP) is 6.70. The Morgan fingerprint density at radius 1 is 1.00 bits per heavy atom. The number of nitrogens with one attached hydrogen (secondary N) is 2. The second kappa shape index (κ2) is 6.89. The molecule has 2 atom stereocenters. The summed E-state index contributed by atoms with van der Waals surface area (Å²) < 4.78 is 2.11. The highest BCUT2D eigenvalue weighted by Gasteiger charge is 2.35. The molecular weight excluding hydrogens is 480 g/mol. The lowest BCUT2D eigenvalue weighted by atomic mass is 9.77. The maximum atomic E-state index is 13.2. The van der Waals surface area contributed by atoms with Crippen molar-refractivity contribution in [1.82, 2.24) is 4.98 Å². The number of allylic oxidation sites excluding steroid dienone is 2. The number of halogens is 2. The molecule has 142 valence electrons. The molecule has 1 aliphatic heterocycles. The van der Waals surface area contributed by atoms with E-state index >= 15 is 0 Å². The molecule has 0 bridgehead atoms. The van der Waals surface area contributed by atoms with Gasteiger partial charge in [-0.2, -0.15) is 0 Å². The fraction of sp³-hybridized carbons (Fsp3) is 0.261.